The molecule has 0 fully saturated rings. The molecule has 9 heteroatoms. The molecule has 28 heavy (non-hydrogen) atoms. The first kappa shape index (κ1) is 27.3. The molecule has 0 saturated carbocycles. The zero-order chi connectivity index (χ0) is 21.3. The molecule has 0 rings (SSSR count). The fourth-order valence-electron chi connectivity index (χ4n) is 2.97. The molecule has 0 aliphatic rings. The fraction of sp³-hybridized carbons (Fsp3) is 0.947. The maximum absolute atomic E-state index is 10.9. The average Bonchev–Trinajstić information content (AvgIpc) is 2.62. The Bertz CT molecular complexity index is 480. The van der Waals surface area contributed by atoms with Crippen LogP contribution in [0.2, 0.25) is 0 Å². The van der Waals surface area contributed by atoms with Crippen LogP contribution in [0.5, 0.6) is 0 Å². The number of aliphatic hydroxyl groups excluding tert-OH is 2. The molecule has 0 bridgehead atoms. The molecule has 2 unspecified atom stereocenters. The van der Waals surface area contributed by atoms with Crippen LogP contribution >= 0.6 is 0 Å². The standard InChI is InChI=1S/C19H38O8S/c20-15-17(21)16-27-14-12-10-8-6-4-2-1-3-5-7-9-11-13-18(19(22)23)28(24,25)26/h17-18,20-21H,1-16H2,(H,22,23)(H,24,25,26). The summed E-state index contributed by atoms with van der Waals surface area (Å²) < 4.78 is 36.0. The predicted molar refractivity (Wildman–Crippen MR) is 107 cm³/mol. The zero-order valence-electron chi connectivity index (χ0n) is 16.8. The summed E-state index contributed by atoms with van der Waals surface area (Å²) in [5.74, 6) is -1.49. The number of unbranched alkanes of at least 4 members (excludes halogenated alkanes) is 11. The van der Waals surface area contributed by atoms with E-state index in [1.807, 2.05) is 0 Å². The fourth-order valence-corrected chi connectivity index (χ4v) is 3.69. The van der Waals surface area contributed by atoms with Gasteiger partial charge in [0.15, 0.2) is 5.25 Å². The maximum Gasteiger partial charge on any atom is 0.324 e. The molecule has 0 amide bonds. The van der Waals surface area contributed by atoms with Crippen molar-refractivity contribution in [2.75, 3.05) is 19.8 Å². The Balaban J connectivity index is 3.33. The molecule has 4 N–H and O–H groups in total. The lowest BCUT2D eigenvalue weighted by Crippen LogP contribution is -2.29. The second-order valence-corrected chi connectivity index (χ2v) is 8.88. The second-order valence-electron chi connectivity index (χ2n) is 7.28. The number of hydrogen-bond acceptors (Lipinski definition) is 6. The number of ether oxygens (including phenoxy) is 1. The van der Waals surface area contributed by atoms with Crippen molar-refractivity contribution in [2.24, 2.45) is 0 Å². The third-order valence-electron chi connectivity index (χ3n) is 4.66. The van der Waals surface area contributed by atoms with Crippen LogP contribution in [-0.4, -0.2) is 65.4 Å². The van der Waals surface area contributed by atoms with Gasteiger partial charge in [-0.2, -0.15) is 8.42 Å². The summed E-state index contributed by atoms with van der Waals surface area (Å²) in [6, 6.07) is 0. The number of carbonyl (C=O) groups is 1. The van der Waals surface area contributed by atoms with Crippen molar-refractivity contribution >= 4 is 16.1 Å². The van der Waals surface area contributed by atoms with Crippen molar-refractivity contribution in [3.8, 4) is 0 Å². The molecule has 0 aliphatic carbocycles. The Morgan fingerprint density at radius 2 is 1.25 bits per heavy atom. The Kier molecular flexibility index (Phi) is 16.7. The Morgan fingerprint density at radius 1 is 0.821 bits per heavy atom. The summed E-state index contributed by atoms with van der Waals surface area (Å²) in [6.07, 6.45) is 11.6. The van der Waals surface area contributed by atoms with Crippen molar-refractivity contribution in [3.63, 3.8) is 0 Å². The van der Waals surface area contributed by atoms with Gasteiger partial charge in [-0.05, 0) is 12.8 Å². The third kappa shape index (κ3) is 16.2. The SMILES string of the molecule is O=C(O)C(CCCCCCCCCCCCCCOCC(O)CO)S(=O)(=O)O. The minimum absolute atomic E-state index is 0.0405. The monoisotopic (exact) mass is 426 g/mol. The van der Waals surface area contributed by atoms with E-state index in [9.17, 15) is 13.2 Å². The van der Waals surface area contributed by atoms with E-state index >= 15 is 0 Å². The number of rotatable bonds is 20. The first-order chi connectivity index (χ1) is 13.3. The first-order valence-corrected chi connectivity index (χ1v) is 11.8. The van der Waals surface area contributed by atoms with Crippen LogP contribution in [0.1, 0.15) is 83.5 Å². The van der Waals surface area contributed by atoms with Crippen molar-refractivity contribution in [1.29, 1.82) is 0 Å². The highest BCUT2D eigenvalue weighted by Crippen LogP contribution is 2.15. The van der Waals surface area contributed by atoms with Crippen LogP contribution < -0.4 is 0 Å². The van der Waals surface area contributed by atoms with Crippen molar-refractivity contribution < 1.29 is 37.8 Å². The number of carboxylic acids is 1. The van der Waals surface area contributed by atoms with Gasteiger partial charge >= 0.3 is 5.97 Å². The van der Waals surface area contributed by atoms with E-state index in [2.05, 4.69) is 0 Å². The normalized spacial score (nSPS) is 14.1. The molecule has 0 radical (unpaired) electrons. The molecular weight excluding hydrogens is 388 g/mol. The molecule has 0 aromatic heterocycles. The summed E-state index contributed by atoms with van der Waals surface area (Å²) in [5, 5.41) is 24.8. The quantitative estimate of drug-likeness (QED) is 0.172. The van der Waals surface area contributed by atoms with Crippen LogP contribution in [0.25, 0.3) is 0 Å². The van der Waals surface area contributed by atoms with Crippen LogP contribution in [0.4, 0.5) is 0 Å². The highest BCUT2D eigenvalue weighted by molar-refractivity contribution is 7.87. The van der Waals surface area contributed by atoms with Gasteiger partial charge in [-0.3, -0.25) is 9.35 Å². The zero-order valence-corrected chi connectivity index (χ0v) is 17.6. The van der Waals surface area contributed by atoms with E-state index in [-0.39, 0.29) is 19.6 Å². The Hall–Kier alpha value is -0.740. The summed E-state index contributed by atoms with van der Waals surface area (Å²) in [6.45, 7) is 0.547. The van der Waals surface area contributed by atoms with Gasteiger partial charge in [0.1, 0.15) is 6.10 Å². The number of carboxylic acid groups (broad SMARTS) is 1. The van der Waals surface area contributed by atoms with Gasteiger partial charge in [-0.25, -0.2) is 0 Å². The van der Waals surface area contributed by atoms with Crippen LogP contribution in [0.3, 0.4) is 0 Å². The smallest absolute Gasteiger partial charge is 0.324 e. The summed E-state index contributed by atoms with van der Waals surface area (Å²) in [5.41, 5.74) is 0. The average molecular weight is 427 g/mol. The maximum atomic E-state index is 10.9. The van der Waals surface area contributed by atoms with Gasteiger partial charge in [0.2, 0.25) is 0 Å². The van der Waals surface area contributed by atoms with Crippen LogP contribution in [-0.2, 0) is 19.6 Å². The first-order valence-electron chi connectivity index (χ1n) is 10.3. The summed E-state index contributed by atoms with van der Waals surface area (Å²) in [7, 11) is -4.51. The van der Waals surface area contributed by atoms with E-state index in [0.717, 1.165) is 38.5 Å². The highest BCUT2D eigenvalue weighted by Gasteiger charge is 2.29. The molecular formula is C19H38O8S. The Labute approximate surface area is 169 Å². The molecule has 0 saturated heterocycles. The largest absolute Gasteiger partial charge is 0.480 e. The molecule has 0 heterocycles. The third-order valence-corrected chi connectivity index (χ3v) is 5.82. The molecule has 8 nitrogen and oxygen atoms in total. The minimum atomic E-state index is -4.51. The van der Waals surface area contributed by atoms with Crippen LogP contribution in [0.15, 0.2) is 0 Å². The van der Waals surface area contributed by atoms with E-state index in [0.29, 0.717) is 13.0 Å². The van der Waals surface area contributed by atoms with Gasteiger partial charge in [0, 0.05) is 6.61 Å². The molecule has 0 spiro atoms. The van der Waals surface area contributed by atoms with E-state index in [1.54, 1.807) is 0 Å². The van der Waals surface area contributed by atoms with Gasteiger partial charge in [0.05, 0.1) is 13.2 Å². The number of hydrogen-bond donors (Lipinski definition) is 4. The van der Waals surface area contributed by atoms with Crippen molar-refractivity contribution in [1.82, 2.24) is 0 Å². The second kappa shape index (κ2) is 17.1. The molecule has 0 aromatic carbocycles. The van der Waals surface area contributed by atoms with E-state index in [1.165, 1.54) is 32.1 Å². The van der Waals surface area contributed by atoms with E-state index < -0.39 is 27.4 Å². The van der Waals surface area contributed by atoms with E-state index in [4.69, 9.17) is 24.6 Å². The van der Waals surface area contributed by atoms with Gasteiger partial charge in [-0.15, -0.1) is 0 Å². The lowest BCUT2D eigenvalue weighted by atomic mass is 10.0. The predicted octanol–water partition coefficient (Wildman–Crippen LogP) is 2.77. The van der Waals surface area contributed by atoms with Gasteiger partial charge in [-0.1, -0.05) is 70.6 Å². The lowest BCUT2D eigenvalue weighted by molar-refractivity contribution is -0.136. The lowest BCUT2D eigenvalue weighted by Gasteiger charge is -2.08. The molecule has 168 valence electrons. The summed E-state index contributed by atoms with van der Waals surface area (Å²) >= 11 is 0. The van der Waals surface area contributed by atoms with Crippen molar-refractivity contribution in [2.45, 2.75) is 94.8 Å². The Morgan fingerprint density at radius 3 is 1.64 bits per heavy atom. The van der Waals surface area contributed by atoms with Gasteiger partial charge < -0.3 is 20.1 Å². The highest BCUT2D eigenvalue weighted by atomic mass is 32.2. The van der Waals surface area contributed by atoms with Crippen molar-refractivity contribution in [3.05, 3.63) is 0 Å². The minimum Gasteiger partial charge on any atom is -0.480 e. The van der Waals surface area contributed by atoms with Crippen LogP contribution in [0, 0.1) is 0 Å². The number of aliphatic carboxylic acids is 1. The summed E-state index contributed by atoms with van der Waals surface area (Å²) in [4.78, 5) is 10.8. The topological polar surface area (TPSA) is 141 Å². The molecule has 0 aromatic rings. The van der Waals surface area contributed by atoms with Gasteiger partial charge in [0.25, 0.3) is 10.1 Å². The molecule has 0 aliphatic heterocycles. The number of aliphatic hydroxyl groups is 2. The molecule has 2 atom stereocenters.